The van der Waals surface area contributed by atoms with E-state index in [0.717, 1.165) is 23.0 Å². The number of nitrogen functional groups attached to an aromatic ring is 1. The standard InChI is InChI=1S/C16H30N4O/c1-11-5-7-14(8-6-11)19(4)9-15(21)10-20-13(3)16(17)12(2)18-20/h11,14-15,21H,5-10,17H2,1-4H3. The second-order valence-electron chi connectivity index (χ2n) is 6.77. The van der Waals surface area contributed by atoms with Crippen LogP contribution < -0.4 is 5.73 Å². The molecule has 1 unspecified atom stereocenters. The number of aromatic nitrogens is 2. The fourth-order valence-corrected chi connectivity index (χ4v) is 3.31. The van der Waals surface area contributed by atoms with E-state index in [0.29, 0.717) is 19.1 Å². The molecule has 1 aromatic rings. The average molecular weight is 294 g/mol. The molecule has 120 valence electrons. The van der Waals surface area contributed by atoms with E-state index in [-0.39, 0.29) is 0 Å². The van der Waals surface area contributed by atoms with E-state index in [1.165, 1.54) is 25.7 Å². The number of hydrogen-bond acceptors (Lipinski definition) is 4. The van der Waals surface area contributed by atoms with E-state index in [4.69, 9.17) is 5.73 Å². The van der Waals surface area contributed by atoms with Gasteiger partial charge in [0.2, 0.25) is 0 Å². The zero-order valence-electron chi connectivity index (χ0n) is 13.8. The van der Waals surface area contributed by atoms with Crippen LogP contribution >= 0.6 is 0 Å². The normalized spacial score (nSPS) is 24.5. The molecule has 0 aromatic carbocycles. The molecule has 0 bridgehead atoms. The minimum Gasteiger partial charge on any atom is -0.396 e. The van der Waals surface area contributed by atoms with E-state index in [2.05, 4.69) is 24.0 Å². The Hall–Kier alpha value is -1.07. The van der Waals surface area contributed by atoms with Crippen LogP contribution in [0.1, 0.15) is 44.0 Å². The van der Waals surface area contributed by atoms with Crippen molar-refractivity contribution in [1.82, 2.24) is 14.7 Å². The van der Waals surface area contributed by atoms with Crippen molar-refractivity contribution in [1.29, 1.82) is 0 Å². The molecule has 1 aliphatic carbocycles. The van der Waals surface area contributed by atoms with Gasteiger partial charge in [-0.05, 0) is 52.5 Å². The fraction of sp³-hybridized carbons (Fsp3) is 0.812. The first kappa shape index (κ1) is 16.3. The molecule has 0 amide bonds. The topological polar surface area (TPSA) is 67.3 Å². The quantitative estimate of drug-likeness (QED) is 0.871. The highest BCUT2D eigenvalue weighted by Gasteiger charge is 2.23. The van der Waals surface area contributed by atoms with E-state index in [1.807, 2.05) is 18.5 Å². The number of nitrogens with zero attached hydrogens (tertiary/aromatic N) is 3. The Morgan fingerprint density at radius 1 is 1.33 bits per heavy atom. The van der Waals surface area contributed by atoms with Gasteiger partial charge in [0.25, 0.3) is 0 Å². The van der Waals surface area contributed by atoms with Crippen molar-refractivity contribution in [2.45, 2.75) is 65.1 Å². The smallest absolute Gasteiger partial charge is 0.0862 e. The van der Waals surface area contributed by atoms with Gasteiger partial charge in [0, 0.05) is 12.6 Å². The van der Waals surface area contributed by atoms with Crippen LogP contribution in [0.25, 0.3) is 0 Å². The summed E-state index contributed by atoms with van der Waals surface area (Å²) in [4.78, 5) is 2.31. The van der Waals surface area contributed by atoms with Crippen molar-refractivity contribution < 1.29 is 5.11 Å². The van der Waals surface area contributed by atoms with Gasteiger partial charge in [-0.3, -0.25) is 4.68 Å². The summed E-state index contributed by atoms with van der Waals surface area (Å²) in [5.41, 5.74) is 8.45. The number of hydrogen-bond donors (Lipinski definition) is 2. The van der Waals surface area contributed by atoms with Gasteiger partial charge in [0.1, 0.15) is 0 Å². The largest absolute Gasteiger partial charge is 0.396 e. The van der Waals surface area contributed by atoms with Crippen molar-refractivity contribution in [3.63, 3.8) is 0 Å². The second-order valence-corrected chi connectivity index (χ2v) is 6.77. The van der Waals surface area contributed by atoms with Gasteiger partial charge in [-0.25, -0.2) is 0 Å². The number of aryl methyl sites for hydroxylation is 1. The number of anilines is 1. The molecule has 2 rings (SSSR count). The summed E-state index contributed by atoms with van der Waals surface area (Å²) < 4.78 is 1.83. The molecule has 5 nitrogen and oxygen atoms in total. The van der Waals surface area contributed by atoms with Crippen LogP contribution in [-0.4, -0.2) is 45.5 Å². The minimum absolute atomic E-state index is 0.410. The molecule has 1 aromatic heterocycles. The SMILES string of the molecule is Cc1nn(CC(O)CN(C)C2CCC(C)CC2)c(C)c1N. The highest BCUT2D eigenvalue weighted by atomic mass is 16.3. The first-order valence-corrected chi connectivity index (χ1v) is 8.06. The van der Waals surface area contributed by atoms with E-state index < -0.39 is 6.10 Å². The molecule has 1 saturated carbocycles. The predicted octanol–water partition coefficient (Wildman–Crippen LogP) is 1.95. The van der Waals surface area contributed by atoms with Gasteiger partial charge in [-0.1, -0.05) is 6.92 Å². The summed E-state index contributed by atoms with van der Waals surface area (Å²) >= 11 is 0. The molecular formula is C16H30N4O. The Bertz CT molecular complexity index is 463. The van der Waals surface area contributed by atoms with Crippen molar-refractivity contribution in [2.75, 3.05) is 19.3 Å². The van der Waals surface area contributed by atoms with Gasteiger partial charge in [-0.2, -0.15) is 5.10 Å². The Balaban J connectivity index is 1.86. The van der Waals surface area contributed by atoms with Gasteiger partial charge >= 0.3 is 0 Å². The van der Waals surface area contributed by atoms with Crippen LogP contribution in [-0.2, 0) is 6.54 Å². The van der Waals surface area contributed by atoms with Crippen LogP contribution in [0.5, 0.6) is 0 Å². The molecule has 0 saturated heterocycles. The molecule has 0 radical (unpaired) electrons. The average Bonchev–Trinajstić information content (AvgIpc) is 2.67. The highest BCUT2D eigenvalue weighted by Crippen LogP contribution is 2.26. The summed E-state index contributed by atoms with van der Waals surface area (Å²) in [6, 6.07) is 0.612. The maximum Gasteiger partial charge on any atom is 0.0862 e. The lowest BCUT2D eigenvalue weighted by Gasteiger charge is -2.34. The second kappa shape index (κ2) is 6.79. The van der Waals surface area contributed by atoms with Crippen LogP contribution in [0.2, 0.25) is 0 Å². The van der Waals surface area contributed by atoms with Crippen molar-refractivity contribution in [2.24, 2.45) is 5.92 Å². The number of aliphatic hydroxyl groups excluding tert-OH is 1. The van der Waals surface area contributed by atoms with Crippen LogP contribution in [0.15, 0.2) is 0 Å². The molecule has 0 aliphatic heterocycles. The molecular weight excluding hydrogens is 264 g/mol. The molecule has 1 heterocycles. The molecule has 3 N–H and O–H groups in total. The molecule has 21 heavy (non-hydrogen) atoms. The summed E-state index contributed by atoms with van der Waals surface area (Å²) in [5, 5.41) is 14.7. The summed E-state index contributed by atoms with van der Waals surface area (Å²) in [6.45, 7) is 7.39. The molecule has 1 aliphatic rings. The molecule has 1 fully saturated rings. The van der Waals surface area contributed by atoms with Gasteiger partial charge < -0.3 is 15.7 Å². The molecule has 5 heteroatoms. The van der Waals surface area contributed by atoms with Crippen LogP contribution in [0.4, 0.5) is 5.69 Å². The van der Waals surface area contributed by atoms with Crippen molar-refractivity contribution >= 4 is 5.69 Å². The lowest BCUT2D eigenvalue weighted by atomic mass is 9.86. The number of nitrogens with two attached hydrogens (primary N) is 1. The molecule has 1 atom stereocenters. The lowest BCUT2D eigenvalue weighted by molar-refractivity contribution is 0.0726. The summed E-state index contributed by atoms with van der Waals surface area (Å²) in [7, 11) is 2.12. The third-order valence-corrected chi connectivity index (χ3v) is 4.93. The number of aliphatic hydroxyl groups is 1. The Kier molecular flexibility index (Phi) is 5.27. The zero-order valence-corrected chi connectivity index (χ0v) is 13.8. The third kappa shape index (κ3) is 3.98. The highest BCUT2D eigenvalue weighted by molar-refractivity contribution is 5.46. The first-order chi connectivity index (χ1) is 9.88. The van der Waals surface area contributed by atoms with Gasteiger partial charge in [-0.15, -0.1) is 0 Å². The van der Waals surface area contributed by atoms with Crippen LogP contribution in [0.3, 0.4) is 0 Å². The van der Waals surface area contributed by atoms with Gasteiger partial charge in [0.05, 0.1) is 29.7 Å². The Morgan fingerprint density at radius 3 is 2.48 bits per heavy atom. The van der Waals surface area contributed by atoms with Crippen molar-refractivity contribution in [3.05, 3.63) is 11.4 Å². The van der Waals surface area contributed by atoms with E-state index >= 15 is 0 Å². The Labute approximate surface area is 128 Å². The third-order valence-electron chi connectivity index (χ3n) is 4.93. The molecule has 0 spiro atoms. The number of rotatable bonds is 5. The minimum atomic E-state index is -0.410. The Morgan fingerprint density at radius 2 is 1.95 bits per heavy atom. The number of likely N-dealkylation sites (N-methyl/N-ethyl adjacent to an activating group) is 1. The van der Waals surface area contributed by atoms with Crippen molar-refractivity contribution in [3.8, 4) is 0 Å². The van der Waals surface area contributed by atoms with Crippen LogP contribution in [0, 0.1) is 19.8 Å². The zero-order chi connectivity index (χ0) is 15.6. The van der Waals surface area contributed by atoms with E-state index in [9.17, 15) is 5.11 Å². The maximum absolute atomic E-state index is 10.3. The predicted molar refractivity (Wildman–Crippen MR) is 86.2 cm³/mol. The summed E-state index contributed by atoms with van der Waals surface area (Å²) in [6.07, 6.45) is 4.69. The first-order valence-electron chi connectivity index (χ1n) is 8.06. The summed E-state index contributed by atoms with van der Waals surface area (Å²) in [5.74, 6) is 0.859. The maximum atomic E-state index is 10.3. The lowest BCUT2D eigenvalue weighted by Crippen LogP contribution is -2.40. The van der Waals surface area contributed by atoms with Gasteiger partial charge in [0.15, 0.2) is 0 Å². The monoisotopic (exact) mass is 294 g/mol. The fourth-order valence-electron chi connectivity index (χ4n) is 3.31. The van der Waals surface area contributed by atoms with E-state index in [1.54, 1.807) is 0 Å².